The number of H-pyrrole nitrogens is 1. The third-order valence-corrected chi connectivity index (χ3v) is 9.69. The first-order valence-electron chi connectivity index (χ1n) is 15.9. The molecule has 2 atom stereocenters. The number of aromatic amines is 1. The number of amides is 1. The van der Waals surface area contributed by atoms with Gasteiger partial charge in [0.25, 0.3) is 0 Å². The molecule has 1 unspecified atom stereocenters. The number of benzene rings is 2. The van der Waals surface area contributed by atoms with Crippen molar-refractivity contribution in [1.29, 1.82) is 5.26 Å². The highest BCUT2D eigenvalue weighted by atomic mass is 35.5. The number of nitrogens with one attached hydrogen (secondary N) is 1. The van der Waals surface area contributed by atoms with Crippen molar-refractivity contribution >= 4 is 45.1 Å². The van der Waals surface area contributed by atoms with Crippen LogP contribution in [-0.4, -0.2) is 93.9 Å². The first kappa shape index (κ1) is 30.3. The van der Waals surface area contributed by atoms with Gasteiger partial charge in [0, 0.05) is 47.6 Å². The molecular formula is C34H37ClN8O3. The number of piperazine rings is 1. The molecule has 0 bridgehead atoms. The zero-order valence-corrected chi connectivity index (χ0v) is 26.9. The predicted octanol–water partition coefficient (Wildman–Crippen LogP) is 5.27. The molecule has 3 aliphatic rings. The van der Waals surface area contributed by atoms with Gasteiger partial charge in [0.05, 0.1) is 41.4 Å². The second-order valence-corrected chi connectivity index (χ2v) is 12.9. The van der Waals surface area contributed by atoms with Crippen molar-refractivity contribution < 1.29 is 14.3 Å². The summed E-state index contributed by atoms with van der Waals surface area (Å²) in [6.45, 7) is 8.55. The monoisotopic (exact) mass is 640 g/mol. The minimum Gasteiger partial charge on any atom is -0.487 e. The van der Waals surface area contributed by atoms with Gasteiger partial charge in [-0.15, -0.1) is 0 Å². The average Bonchev–Trinajstić information content (AvgIpc) is 3.58. The van der Waals surface area contributed by atoms with E-state index >= 15 is 0 Å². The van der Waals surface area contributed by atoms with Crippen molar-refractivity contribution in [2.45, 2.75) is 57.2 Å². The lowest BCUT2D eigenvalue weighted by Gasteiger charge is -2.41. The van der Waals surface area contributed by atoms with Crippen LogP contribution in [0.3, 0.4) is 0 Å². The van der Waals surface area contributed by atoms with Crippen LogP contribution in [-0.2, 0) is 4.79 Å². The molecule has 0 spiro atoms. The van der Waals surface area contributed by atoms with Crippen LogP contribution in [0, 0.1) is 18.3 Å². The molecule has 1 aliphatic carbocycles. The third-order valence-electron chi connectivity index (χ3n) is 9.39. The molecular weight excluding hydrogens is 604 g/mol. The molecule has 2 aromatic heterocycles. The molecule has 2 aliphatic heterocycles. The summed E-state index contributed by atoms with van der Waals surface area (Å²) in [7, 11) is 2.11. The van der Waals surface area contributed by atoms with Crippen molar-refractivity contribution in [2.24, 2.45) is 0 Å². The van der Waals surface area contributed by atoms with E-state index in [0.717, 1.165) is 65.2 Å². The number of ether oxygens (including phenoxy) is 2. The van der Waals surface area contributed by atoms with Gasteiger partial charge in [0.1, 0.15) is 17.9 Å². The molecule has 4 heterocycles. The second-order valence-electron chi connectivity index (χ2n) is 12.5. The zero-order valence-electron chi connectivity index (χ0n) is 26.1. The van der Waals surface area contributed by atoms with Gasteiger partial charge in [-0.25, -0.2) is 0 Å². The van der Waals surface area contributed by atoms with Gasteiger partial charge in [0.15, 0.2) is 5.75 Å². The number of aromatic nitrogens is 4. The Morgan fingerprint density at radius 3 is 2.76 bits per heavy atom. The molecule has 12 heteroatoms. The second kappa shape index (κ2) is 12.4. The molecule has 1 amide bonds. The van der Waals surface area contributed by atoms with Gasteiger partial charge in [-0.3, -0.25) is 9.89 Å². The number of carbonyl (C=O) groups is 1. The van der Waals surface area contributed by atoms with Crippen molar-refractivity contribution in [1.82, 2.24) is 30.0 Å². The number of hydrogen-bond donors (Lipinski definition) is 1. The lowest BCUT2D eigenvalue weighted by atomic mass is 9.94. The first-order valence-corrected chi connectivity index (χ1v) is 16.3. The first-order chi connectivity index (χ1) is 22.4. The summed E-state index contributed by atoms with van der Waals surface area (Å²) in [6.07, 6.45) is 7.45. The summed E-state index contributed by atoms with van der Waals surface area (Å²) in [6, 6.07) is 8.43. The van der Waals surface area contributed by atoms with E-state index in [2.05, 4.69) is 52.7 Å². The molecule has 2 aromatic carbocycles. The number of carbonyl (C=O) groups excluding carboxylic acids is 1. The summed E-state index contributed by atoms with van der Waals surface area (Å²) in [5.74, 6) is 1.05. The van der Waals surface area contributed by atoms with E-state index in [-0.39, 0.29) is 36.5 Å². The summed E-state index contributed by atoms with van der Waals surface area (Å²) >= 11 is 7.23. The number of fused-ring (bicyclic) bond motifs is 2. The molecule has 1 N–H and O–H groups in total. The maximum atomic E-state index is 12.7. The number of aryl methyl sites for hydroxylation is 1. The zero-order chi connectivity index (χ0) is 31.9. The van der Waals surface area contributed by atoms with Gasteiger partial charge in [-0.1, -0.05) is 24.2 Å². The van der Waals surface area contributed by atoms with Crippen LogP contribution >= 0.6 is 11.6 Å². The Morgan fingerprint density at radius 1 is 1.17 bits per heavy atom. The minimum absolute atomic E-state index is 0.0627. The number of likely N-dealkylation sites (tertiary alicyclic amines) is 1. The Balaban J connectivity index is 1.40. The van der Waals surface area contributed by atoms with E-state index in [0.29, 0.717) is 48.3 Å². The number of rotatable bonds is 9. The van der Waals surface area contributed by atoms with Gasteiger partial charge in [0.2, 0.25) is 5.91 Å². The van der Waals surface area contributed by atoms with E-state index < -0.39 is 0 Å². The molecule has 7 rings (SSSR count). The van der Waals surface area contributed by atoms with Crippen LogP contribution in [0.4, 0.5) is 5.82 Å². The molecule has 0 radical (unpaired) electrons. The minimum atomic E-state index is -0.330. The largest absolute Gasteiger partial charge is 0.487 e. The Hall–Kier alpha value is -4.40. The molecule has 238 valence electrons. The van der Waals surface area contributed by atoms with E-state index in [4.69, 9.17) is 31.0 Å². The lowest BCUT2D eigenvalue weighted by molar-refractivity contribution is -0.128. The highest BCUT2D eigenvalue weighted by Crippen LogP contribution is 2.49. The summed E-state index contributed by atoms with van der Waals surface area (Å²) in [5, 5.41) is 19.2. The fraction of sp³-hybridized carbons (Fsp3) is 0.441. The number of nitriles is 1. The molecule has 46 heavy (non-hydrogen) atoms. The summed E-state index contributed by atoms with van der Waals surface area (Å²) in [5.41, 5.74) is 4.26. The molecule has 3 fully saturated rings. The van der Waals surface area contributed by atoms with Crippen molar-refractivity contribution in [2.75, 3.05) is 44.7 Å². The highest BCUT2D eigenvalue weighted by Gasteiger charge is 2.34. The van der Waals surface area contributed by atoms with Crippen molar-refractivity contribution in [3.63, 3.8) is 0 Å². The summed E-state index contributed by atoms with van der Waals surface area (Å²) in [4.78, 5) is 28.8. The number of nitrogens with zero attached hydrogens (tertiary/aromatic N) is 7. The Labute approximate surface area is 272 Å². The Kier molecular flexibility index (Phi) is 8.17. The van der Waals surface area contributed by atoms with Crippen LogP contribution < -0.4 is 14.4 Å². The van der Waals surface area contributed by atoms with Crippen molar-refractivity contribution in [3.05, 3.63) is 47.6 Å². The van der Waals surface area contributed by atoms with Gasteiger partial charge in [-0.05, 0) is 70.0 Å². The molecule has 11 nitrogen and oxygen atoms in total. The van der Waals surface area contributed by atoms with Gasteiger partial charge >= 0.3 is 6.01 Å². The topological polar surface area (TPSA) is 124 Å². The predicted molar refractivity (Wildman–Crippen MR) is 177 cm³/mol. The van der Waals surface area contributed by atoms with Crippen LogP contribution in [0.15, 0.2) is 37.1 Å². The fourth-order valence-corrected chi connectivity index (χ4v) is 7.02. The normalized spacial score (nSPS) is 20.3. The van der Waals surface area contributed by atoms with Crippen LogP contribution in [0.5, 0.6) is 11.8 Å². The number of halogens is 1. The van der Waals surface area contributed by atoms with Crippen LogP contribution in [0.25, 0.3) is 32.9 Å². The maximum absolute atomic E-state index is 12.7. The van der Waals surface area contributed by atoms with Crippen LogP contribution in [0.1, 0.15) is 37.7 Å². The van der Waals surface area contributed by atoms with E-state index in [1.165, 1.54) is 6.08 Å². The van der Waals surface area contributed by atoms with Gasteiger partial charge < -0.3 is 24.2 Å². The van der Waals surface area contributed by atoms with Gasteiger partial charge in [-0.2, -0.15) is 20.3 Å². The maximum Gasteiger partial charge on any atom is 0.319 e. The molecule has 4 aromatic rings. The smallest absolute Gasteiger partial charge is 0.319 e. The quantitative estimate of drug-likeness (QED) is 0.244. The fourth-order valence-electron chi connectivity index (χ4n) is 6.73. The summed E-state index contributed by atoms with van der Waals surface area (Å²) < 4.78 is 13.1. The van der Waals surface area contributed by atoms with E-state index in [1.54, 1.807) is 4.90 Å². The average molecular weight is 641 g/mol. The number of likely N-dealkylation sites (N-methyl/N-ethyl adjacent to an activating group) is 1. The number of hydrogen-bond acceptors (Lipinski definition) is 9. The molecule has 1 saturated carbocycles. The highest BCUT2D eigenvalue weighted by molar-refractivity contribution is 6.35. The van der Waals surface area contributed by atoms with Crippen LogP contribution in [0.2, 0.25) is 5.02 Å². The lowest BCUT2D eigenvalue weighted by Crippen LogP contribution is -2.55. The number of anilines is 1. The van der Waals surface area contributed by atoms with Crippen molar-refractivity contribution in [3.8, 4) is 29.0 Å². The Bertz CT molecular complexity index is 1860. The standard InChI is InChI=1S/C34H37ClN8O3/c1-4-28(44)43-15-14-42(18-21(43)11-12-36)33-24-16-26(35)30(29-20(2)7-10-27-25(29)17-37-40-27)32(46-23-8-9-23)31(24)38-34(39-33)45-19-22-6-5-13-41(22)3/h4,7,10,16-17,21-23H,1,5-6,8-9,11,13-15,18-19H2,2-3H3,(H,37,40)/t21?,22-/m0/s1. The van der Waals surface area contributed by atoms with E-state index in [9.17, 15) is 10.1 Å². The third kappa shape index (κ3) is 5.60. The Morgan fingerprint density at radius 2 is 2.02 bits per heavy atom. The SMILES string of the molecule is C=CC(=O)N1CCN(c2nc(OC[C@@H]3CCCN3C)nc3c(OC4CC4)c(-c4c(C)ccc5[nH]ncc45)c(Cl)cc23)CC1CC#N. The molecule has 2 saturated heterocycles. The van der Waals surface area contributed by atoms with E-state index in [1.807, 2.05) is 18.3 Å².